The van der Waals surface area contributed by atoms with Gasteiger partial charge in [-0.15, -0.1) is 0 Å². The molecule has 12 heteroatoms. The van der Waals surface area contributed by atoms with Gasteiger partial charge in [0.15, 0.2) is 0 Å². The summed E-state index contributed by atoms with van der Waals surface area (Å²) in [4.78, 5) is 15.3. The molecule has 0 unspecified atom stereocenters. The SMILES string of the molecule is CN(c1ccccc1C(=O)Nc1ccc(S(=O)(=O)N2CCN(c3cccc(C(C)(C)CN)c3)CC2)cc1)S(C)(=O)=O. The zero-order valence-corrected chi connectivity index (χ0v) is 25.4. The molecule has 1 saturated heterocycles. The summed E-state index contributed by atoms with van der Waals surface area (Å²) in [5, 5.41) is 2.72. The Morgan fingerprint density at radius 1 is 0.927 bits per heavy atom. The van der Waals surface area contributed by atoms with Crippen LogP contribution in [0.5, 0.6) is 0 Å². The van der Waals surface area contributed by atoms with Gasteiger partial charge in [0.2, 0.25) is 20.0 Å². The number of hydrogen-bond donors (Lipinski definition) is 2. The van der Waals surface area contributed by atoms with Crippen LogP contribution in [0.3, 0.4) is 0 Å². The van der Waals surface area contributed by atoms with Gasteiger partial charge in [0, 0.05) is 56.6 Å². The number of para-hydroxylation sites is 1. The summed E-state index contributed by atoms with van der Waals surface area (Å²) in [6.07, 6.45) is 1.06. The Morgan fingerprint density at radius 2 is 1.56 bits per heavy atom. The van der Waals surface area contributed by atoms with Crippen molar-refractivity contribution in [3.8, 4) is 0 Å². The maximum atomic E-state index is 13.4. The minimum Gasteiger partial charge on any atom is -0.369 e. The Hall–Kier alpha value is -3.45. The molecule has 0 spiro atoms. The first kappa shape index (κ1) is 30.5. The van der Waals surface area contributed by atoms with Crippen LogP contribution in [0.2, 0.25) is 0 Å². The fourth-order valence-electron chi connectivity index (χ4n) is 4.60. The normalized spacial score (nSPS) is 15.0. The summed E-state index contributed by atoms with van der Waals surface area (Å²) in [5.74, 6) is -0.512. The third-order valence-electron chi connectivity index (χ3n) is 7.48. The number of carbonyl (C=O) groups excluding carboxylic acids is 1. The van der Waals surface area contributed by atoms with E-state index in [4.69, 9.17) is 5.73 Å². The van der Waals surface area contributed by atoms with Crippen LogP contribution in [0.4, 0.5) is 17.1 Å². The second-order valence-electron chi connectivity index (χ2n) is 10.8. The van der Waals surface area contributed by atoms with Crippen molar-refractivity contribution in [1.29, 1.82) is 0 Å². The fraction of sp³-hybridized carbons (Fsp3) is 0.345. The lowest BCUT2D eigenvalue weighted by molar-refractivity contribution is 0.102. The molecule has 0 aliphatic carbocycles. The van der Waals surface area contributed by atoms with Crippen molar-refractivity contribution in [2.75, 3.05) is 60.5 Å². The van der Waals surface area contributed by atoms with E-state index in [1.165, 1.54) is 41.7 Å². The van der Waals surface area contributed by atoms with Gasteiger partial charge in [-0.3, -0.25) is 9.10 Å². The van der Waals surface area contributed by atoms with Crippen molar-refractivity contribution < 1.29 is 21.6 Å². The summed E-state index contributed by atoms with van der Waals surface area (Å²) >= 11 is 0. The van der Waals surface area contributed by atoms with Crippen LogP contribution in [-0.4, -0.2) is 73.1 Å². The maximum Gasteiger partial charge on any atom is 0.257 e. The van der Waals surface area contributed by atoms with Gasteiger partial charge in [-0.25, -0.2) is 16.8 Å². The number of benzene rings is 3. The van der Waals surface area contributed by atoms with Crippen LogP contribution in [-0.2, 0) is 25.5 Å². The Morgan fingerprint density at radius 3 is 2.17 bits per heavy atom. The Bertz CT molecular complexity index is 1620. The van der Waals surface area contributed by atoms with Crippen LogP contribution in [0, 0.1) is 0 Å². The lowest BCUT2D eigenvalue weighted by atomic mass is 9.84. The van der Waals surface area contributed by atoms with Gasteiger partial charge in [-0.05, 0) is 54.1 Å². The molecule has 3 aromatic carbocycles. The average Bonchev–Trinajstić information content (AvgIpc) is 2.96. The van der Waals surface area contributed by atoms with Crippen molar-refractivity contribution in [3.05, 3.63) is 83.9 Å². The first-order valence-corrected chi connectivity index (χ1v) is 16.5. The number of sulfonamides is 2. The predicted molar refractivity (Wildman–Crippen MR) is 164 cm³/mol. The van der Waals surface area contributed by atoms with Crippen molar-refractivity contribution in [3.63, 3.8) is 0 Å². The fourth-order valence-corrected chi connectivity index (χ4v) is 6.54. The first-order valence-electron chi connectivity index (χ1n) is 13.2. The van der Waals surface area contributed by atoms with Gasteiger partial charge < -0.3 is 16.0 Å². The molecule has 3 aromatic rings. The molecule has 1 aliphatic rings. The molecule has 0 saturated carbocycles. The minimum absolute atomic E-state index is 0.132. The van der Waals surface area contributed by atoms with Crippen molar-refractivity contribution in [2.45, 2.75) is 24.2 Å². The molecule has 4 rings (SSSR count). The zero-order chi connectivity index (χ0) is 30.0. The molecule has 0 atom stereocenters. The standard InChI is InChI=1S/C29H37N5O5S2/c1-29(2,21-30)22-8-7-9-24(20-22)33-16-18-34(19-17-33)41(38,39)25-14-12-23(13-15-25)31-28(35)26-10-5-6-11-27(26)32(3)40(4,36)37/h5-15,20H,16-19,21,30H2,1-4H3,(H,31,35). The zero-order valence-electron chi connectivity index (χ0n) is 23.7. The van der Waals surface area contributed by atoms with Crippen molar-refractivity contribution in [2.24, 2.45) is 5.73 Å². The molecule has 10 nitrogen and oxygen atoms in total. The van der Waals surface area contributed by atoms with Gasteiger partial charge in [-0.1, -0.05) is 38.1 Å². The number of anilines is 3. The highest BCUT2D eigenvalue weighted by Gasteiger charge is 2.29. The van der Waals surface area contributed by atoms with E-state index in [2.05, 4.69) is 36.2 Å². The maximum absolute atomic E-state index is 13.4. The lowest BCUT2D eigenvalue weighted by Crippen LogP contribution is -2.48. The molecule has 0 aromatic heterocycles. The van der Waals surface area contributed by atoms with E-state index in [1.54, 1.807) is 18.2 Å². The van der Waals surface area contributed by atoms with E-state index < -0.39 is 26.0 Å². The molecule has 1 aliphatic heterocycles. The number of hydrogen-bond acceptors (Lipinski definition) is 7. The summed E-state index contributed by atoms with van der Waals surface area (Å²) in [6, 6.07) is 20.6. The van der Waals surface area contributed by atoms with Crippen LogP contribution < -0.4 is 20.3 Å². The molecular formula is C29H37N5O5S2. The smallest absolute Gasteiger partial charge is 0.257 e. The molecule has 1 fully saturated rings. The van der Waals surface area contributed by atoms with Crippen LogP contribution in [0.15, 0.2) is 77.7 Å². The molecule has 1 amide bonds. The Labute approximate surface area is 242 Å². The summed E-state index contributed by atoms with van der Waals surface area (Å²) < 4.78 is 53.3. The van der Waals surface area contributed by atoms with Crippen molar-refractivity contribution in [1.82, 2.24) is 4.31 Å². The molecule has 0 bridgehead atoms. The second kappa shape index (κ2) is 11.8. The summed E-state index contributed by atoms with van der Waals surface area (Å²) in [5.41, 5.74) is 8.79. The van der Waals surface area contributed by atoms with Gasteiger partial charge in [0.25, 0.3) is 5.91 Å². The summed E-state index contributed by atoms with van der Waals surface area (Å²) in [7, 11) is -5.93. The predicted octanol–water partition coefficient (Wildman–Crippen LogP) is 3.08. The van der Waals surface area contributed by atoms with E-state index in [-0.39, 0.29) is 21.6 Å². The average molecular weight is 600 g/mol. The molecule has 220 valence electrons. The number of carbonyl (C=O) groups is 1. The van der Waals surface area contributed by atoms with E-state index in [0.29, 0.717) is 38.4 Å². The molecule has 3 N–H and O–H groups in total. The van der Waals surface area contributed by atoms with E-state index in [9.17, 15) is 21.6 Å². The van der Waals surface area contributed by atoms with Crippen LogP contribution in [0.1, 0.15) is 29.8 Å². The number of nitrogens with zero attached hydrogens (tertiary/aromatic N) is 3. The van der Waals surface area contributed by atoms with Crippen LogP contribution >= 0.6 is 0 Å². The van der Waals surface area contributed by atoms with Gasteiger partial charge in [0.05, 0.1) is 22.4 Å². The quantitative estimate of drug-likeness (QED) is 0.386. The third-order valence-corrected chi connectivity index (χ3v) is 10.6. The van der Waals surface area contributed by atoms with Crippen molar-refractivity contribution >= 4 is 43.0 Å². The van der Waals surface area contributed by atoms with Gasteiger partial charge in [-0.2, -0.15) is 4.31 Å². The molecule has 41 heavy (non-hydrogen) atoms. The monoisotopic (exact) mass is 599 g/mol. The van der Waals surface area contributed by atoms with E-state index >= 15 is 0 Å². The molecule has 0 radical (unpaired) electrons. The Kier molecular flexibility index (Phi) is 8.78. The van der Waals surface area contributed by atoms with Gasteiger partial charge >= 0.3 is 0 Å². The molecular weight excluding hydrogens is 562 g/mol. The number of piperazine rings is 1. The number of nitrogens with one attached hydrogen (secondary N) is 1. The highest BCUT2D eigenvalue weighted by Crippen LogP contribution is 2.28. The van der Waals surface area contributed by atoms with E-state index in [1.807, 2.05) is 12.1 Å². The van der Waals surface area contributed by atoms with Crippen LogP contribution in [0.25, 0.3) is 0 Å². The minimum atomic E-state index is -3.73. The number of rotatable bonds is 9. The third kappa shape index (κ3) is 6.72. The molecule has 1 heterocycles. The Balaban J connectivity index is 1.43. The van der Waals surface area contributed by atoms with Gasteiger partial charge in [0.1, 0.15) is 0 Å². The summed E-state index contributed by atoms with van der Waals surface area (Å²) in [6.45, 7) is 6.53. The highest BCUT2D eigenvalue weighted by molar-refractivity contribution is 7.92. The topological polar surface area (TPSA) is 133 Å². The van der Waals surface area contributed by atoms with E-state index in [0.717, 1.165) is 21.8 Å². The highest BCUT2D eigenvalue weighted by atomic mass is 32.2. The number of amides is 1. The largest absolute Gasteiger partial charge is 0.369 e. The lowest BCUT2D eigenvalue weighted by Gasteiger charge is -2.36. The first-order chi connectivity index (χ1) is 19.2. The second-order valence-corrected chi connectivity index (χ2v) is 14.7. The number of nitrogens with two attached hydrogens (primary N) is 1.